The fraction of sp³-hybridized carbons (Fsp3) is 0.545. The van der Waals surface area contributed by atoms with Crippen molar-refractivity contribution in [3.05, 3.63) is 30.6 Å². The van der Waals surface area contributed by atoms with Crippen LogP contribution in [0.25, 0.3) is 0 Å². The van der Waals surface area contributed by atoms with Gasteiger partial charge in [0.2, 0.25) is 0 Å². The summed E-state index contributed by atoms with van der Waals surface area (Å²) < 4.78 is 0. The van der Waals surface area contributed by atoms with Crippen molar-refractivity contribution in [3.63, 3.8) is 0 Å². The SMILES string of the molecule is C=CCCC(CC)NCc1ccn[nH]1. The Labute approximate surface area is 85.6 Å². The standard InChI is InChI=1S/C11H19N3/c1-3-5-6-10(4-2)12-9-11-7-8-13-14-11/h3,7-8,10,12H,1,4-6,9H2,2H3,(H,13,14). The summed E-state index contributed by atoms with van der Waals surface area (Å²) >= 11 is 0. The third-order valence-corrected chi connectivity index (χ3v) is 2.35. The summed E-state index contributed by atoms with van der Waals surface area (Å²) in [4.78, 5) is 0. The Kier molecular flexibility index (Phi) is 5.00. The third-order valence-electron chi connectivity index (χ3n) is 2.35. The minimum absolute atomic E-state index is 0.580. The van der Waals surface area contributed by atoms with Crippen LogP contribution in [-0.4, -0.2) is 16.2 Å². The predicted octanol–water partition coefficient (Wildman–Crippen LogP) is 2.24. The van der Waals surface area contributed by atoms with Crippen molar-refractivity contribution in [2.45, 2.75) is 38.8 Å². The number of nitrogens with zero attached hydrogens (tertiary/aromatic N) is 1. The lowest BCUT2D eigenvalue weighted by Gasteiger charge is -2.15. The molecule has 0 aliphatic carbocycles. The van der Waals surface area contributed by atoms with E-state index >= 15 is 0 Å². The molecule has 3 heteroatoms. The van der Waals surface area contributed by atoms with E-state index in [1.165, 1.54) is 0 Å². The Balaban J connectivity index is 2.23. The Morgan fingerprint density at radius 1 is 1.71 bits per heavy atom. The minimum Gasteiger partial charge on any atom is -0.308 e. The summed E-state index contributed by atoms with van der Waals surface area (Å²) in [7, 11) is 0. The van der Waals surface area contributed by atoms with Crippen LogP contribution in [0.5, 0.6) is 0 Å². The number of rotatable bonds is 7. The van der Waals surface area contributed by atoms with Crippen molar-refractivity contribution < 1.29 is 0 Å². The molecule has 0 radical (unpaired) electrons. The van der Waals surface area contributed by atoms with E-state index < -0.39 is 0 Å². The number of aromatic amines is 1. The summed E-state index contributed by atoms with van der Waals surface area (Å²) in [6, 6.07) is 2.57. The molecule has 2 N–H and O–H groups in total. The molecule has 0 saturated carbocycles. The lowest BCUT2D eigenvalue weighted by atomic mass is 10.1. The maximum atomic E-state index is 3.91. The summed E-state index contributed by atoms with van der Waals surface area (Å²) in [6.07, 6.45) is 7.15. The van der Waals surface area contributed by atoms with Crippen LogP contribution in [0.3, 0.4) is 0 Å². The molecule has 0 spiro atoms. The van der Waals surface area contributed by atoms with Crippen LogP contribution < -0.4 is 5.32 Å². The van der Waals surface area contributed by atoms with Crippen LogP contribution in [0, 0.1) is 0 Å². The van der Waals surface area contributed by atoms with Crippen molar-refractivity contribution >= 4 is 0 Å². The molecule has 1 heterocycles. The van der Waals surface area contributed by atoms with E-state index in [1.54, 1.807) is 6.20 Å². The molecule has 14 heavy (non-hydrogen) atoms. The summed E-state index contributed by atoms with van der Waals surface area (Å²) in [5, 5.41) is 10.3. The molecule has 1 aromatic heterocycles. The molecule has 0 fully saturated rings. The van der Waals surface area contributed by atoms with Gasteiger partial charge >= 0.3 is 0 Å². The largest absolute Gasteiger partial charge is 0.308 e. The zero-order valence-corrected chi connectivity index (χ0v) is 8.79. The summed E-state index contributed by atoms with van der Waals surface area (Å²) in [5.74, 6) is 0. The number of hydrogen-bond acceptors (Lipinski definition) is 2. The maximum absolute atomic E-state index is 3.91. The average Bonchev–Trinajstić information content (AvgIpc) is 2.71. The first kappa shape index (κ1) is 11.0. The van der Waals surface area contributed by atoms with Crippen LogP contribution in [0.2, 0.25) is 0 Å². The van der Waals surface area contributed by atoms with Crippen molar-refractivity contribution in [3.8, 4) is 0 Å². The smallest absolute Gasteiger partial charge is 0.0490 e. The molecular weight excluding hydrogens is 174 g/mol. The zero-order valence-electron chi connectivity index (χ0n) is 8.79. The molecule has 1 unspecified atom stereocenters. The van der Waals surface area contributed by atoms with Gasteiger partial charge in [0.25, 0.3) is 0 Å². The number of hydrogen-bond donors (Lipinski definition) is 2. The Morgan fingerprint density at radius 2 is 2.57 bits per heavy atom. The second kappa shape index (κ2) is 6.38. The van der Waals surface area contributed by atoms with E-state index in [0.29, 0.717) is 6.04 Å². The molecule has 1 atom stereocenters. The molecule has 1 aromatic rings. The van der Waals surface area contributed by atoms with Gasteiger partial charge in [-0.25, -0.2) is 0 Å². The first-order valence-corrected chi connectivity index (χ1v) is 5.19. The maximum Gasteiger partial charge on any atom is 0.0490 e. The van der Waals surface area contributed by atoms with Crippen molar-refractivity contribution in [1.29, 1.82) is 0 Å². The van der Waals surface area contributed by atoms with Gasteiger partial charge < -0.3 is 5.32 Å². The van der Waals surface area contributed by atoms with Crippen LogP contribution >= 0.6 is 0 Å². The third kappa shape index (κ3) is 3.75. The molecule has 0 aromatic carbocycles. The monoisotopic (exact) mass is 193 g/mol. The zero-order chi connectivity index (χ0) is 10.2. The van der Waals surface area contributed by atoms with Crippen molar-refractivity contribution in [2.75, 3.05) is 0 Å². The molecular formula is C11H19N3. The molecule has 0 amide bonds. The van der Waals surface area contributed by atoms with Gasteiger partial charge in [0.15, 0.2) is 0 Å². The summed E-state index contributed by atoms with van der Waals surface area (Å²) in [5.41, 5.74) is 1.14. The molecule has 1 rings (SSSR count). The van der Waals surface area contributed by atoms with E-state index in [1.807, 2.05) is 12.1 Å². The number of aromatic nitrogens is 2. The van der Waals surface area contributed by atoms with E-state index in [4.69, 9.17) is 0 Å². The van der Waals surface area contributed by atoms with Gasteiger partial charge in [-0.2, -0.15) is 5.10 Å². The van der Waals surface area contributed by atoms with E-state index in [9.17, 15) is 0 Å². The Bertz CT molecular complexity index is 241. The van der Waals surface area contributed by atoms with Gasteiger partial charge in [-0.3, -0.25) is 5.10 Å². The Morgan fingerprint density at radius 3 is 3.14 bits per heavy atom. The van der Waals surface area contributed by atoms with Crippen molar-refractivity contribution in [2.24, 2.45) is 0 Å². The fourth-order valence-corrected chi connectivity index (χ4v) is 1.41. The minimum atomic E-state index is 0.580. The van der Waals surface area contributed by atoms with E-state index in [-0.39, 0.29) is 0 Å². The number of nitrogens with one attached hydrogen (secondary N) is 2. The topological polar surface area (TPSA) is 40.7 Å². The number of allylic oxidation sites excluding steroid dienone is 1. The van der Waals surface area contributed by atoms with E-state index in [0.717, 1.165) is 31.5 Å². The molecule has 0 bridgehead atoms. The molecule has 0 saturated heterocycles. The highest BCUT2D eigenvalue weighted by Crippen LogP contribution is 2.03. The molecule has 3 nitrogen and oxygen atoms in total. The van der Waals surface area contributed by atoms with E-state index in [2.05, 4.69) is 29.0 Å². The highest BCUT2D eigenvalue weighted by atomic mass is 15.1. The van der Waals surface area contributed by atoms with Crippen LogP contribution in [0.1, 0.15) is 31.9 Å². The quantitative estimate of drug-likeness (QED) is 0.652. The highest BCUT2D eigenvalue weighted by molar-refractivity contribution is 4.96. The second-order valence-corrected chi connectivity index (χ2v) is 3.43. The first-order chi connectivity index (χ1) is 6.86. The molecule has 78 valence electrons. The second-order valence-electron chi connectivity index (χ2n) is 3.43. The van der Waals surface area contributed by atoms with Gasteiger partial charge in [0.1, 0.15) is 0 Å². The van der Waals surface area contributed by atoms with Gasteiger partial charge in [0.05, 0.1) is 0 Å². The summed E-state index contributed by atoms with van der Waals surface area (Å²) in [6.45, 7) is 6.81. The van der Waals surface area contributed by atoms with Gasteiger partial charge in [0, 0.05) is 24.5 Å². The lowest BCUT2D eigenvalue weighted by Crippen LogP contribution is -2.27. The highest BCUT2D eigenvalue weighted by Gasteiger charge is 2.04. The van der Waals surface area contributed by atoms with Crippen LogP contribution in [-0.2, 0) is 6.54 Å². The van der Waals surface area contributed by atoms with Crippen molar-refractivity contribution in [1.82, 2.24) is 15.5 Å². The van der Waals surface area contributed by atoms with Gasteiger partial charge in [-0.1, -0.05) is 13.0 Å². The van der Waals surface area contributed by atoms with Gasteiger partial charge in [-0.05, 0) is 25.3 Å². The van der Waals surface area contributed by atoms with Gasteiger partial charge in [-0.15, -0.1) is 6.58 Å². The molecule has 0 aliphatic rings. The lowest BCUT2D eigenvalue weighted by molar-refractivity contribution is 0.467. The Hall–Kier alpha value is -1.09. The number of H-pyrrole nitrogens is 1. The molecule has 0 aliphatic heterocycles. The van der Waals surface area contributed by atoms with Crippen LogP contribution in [0.4, 0.5) is 0 Å². The van der Waals surface area contributed by atoms with Crippen LogP contribution in [0.15, 0.2) is 24.9 Å². The first-order valence-electron chi connectivity index (χ1n) is 5.19. The fourth-order valence-electron chi connectivity index (χ4n) is 1.41. The average molecular weight is 193 g/mol. The normalized spacial score (nSPS) is 12.6. The predicted molar refractivity (Wildman–Crippen MR) is 58.9 cm³/mol.